The van der Waals surface area contributed by atoms with Crippen LogP contribution in [0.2, 0.25) is 0 Å². The van der Waals surface area contributed by atoms with Gasteiger partial charge >= 0.3 is 0 Å². The van der Waals surface area contributed by atoms with Gasteiger partial charge in [-0.15, -0.1) is 0 Å². The van der Waals surface area contributed by atoms with Gasteiger partial charge in [-0.2, -0.15) is 9.97 Å². The minimum atomic E-state index is 0.560. The van der Waals surface area contributed by atoms with Gasteiger partial charge in [0, 0.05) is 49.1 Å². The Morgan fingerprint density at radius 1 is 0.316 bits per heavy atom. The molecule has 0 amide bonds. The lowest BCUT2D eigenvalue weighted by molar-refractivity contribution is 0.669. The second-order valence-corrected chi connectivity index (χ2v) is 14.5. The smallest absolute Gasteiger partial charge is 0.238 e. The third kappa shape index (κ3) is 4.94. The van der Waals surface area contributed by atoms with Crippen LogP contribution in [-0.2, 0) is 0 Å². The molecular weight excluding hydrogens is 699 g/mol. The molecule has 6 heteroatoms. The highest BCUT2D eigenvalue weighted by molar-refractivity contribution is 6.19. The van der Waals surface area contributed by atoms with E-state index in [1.165, 1.54) is 5.39 Å². The molecule has 6 nitrogen and oxygen atoms in total. The van der Waals surface area contributed by atoms with Crippen LogP contribution >= 0.6 is 0 Å². The lowest BCUT2D eigenvalue weighted by Crippen LogP contribution is -2.06. The van der Waals surface area contributed by atoms with Crippen LogP contribution < -0.4 is 0 Å². The fourth-order valence-corrected chi connectivity index (χ4v) is 8.55. The Labute approximate surface area is 326 Å². The summed E-state index contributed by atoms with van der Waals surface area (Å²) in [6, 6.07) is 65.6. The van der Waals surface area contributed by atoms with Gasteiger partial charge in [0.25, 0.3) is 0 Å². The van der Waals surface area contributed by atoms with Crippen molar-refractivity contribution in [2.24, 2.45) is 0 Å². The molecule has 0 N–H and O–H groups in total. The minimum Gasteiger partial charge on any atom is -0.456 e. The predicted molar refractivity (Wildman–Crippen MR) is 232 cm³/mol. The normalized spacial score (nSPS) is 11.9. The molecule has 0 fully saturated rings. The standard InChI is InChI=1S/C51H31N5O/c1-3-14-32(15-4-1)49-52-50(35-17-13-16-33(28-35)34-26-27-40-39-22-9-12-25-47(39)57-48(40)29-34)54-51(53-49)56-44-24-11-8-21-38(44)42-30-45-41(31-46(42)56)37-20-7-10-23-43(37)55(45)36-18-5-2-6-19-36/h1-31H. The first kappa shape index (κ1) is 31.5. The molecule has 12 rings (SSSR count). The van der Waals surface area contributed by atoms with Crippen LogP contribution in [-0.4, -0.2) is 24.1 Å². The largest absolute Gasteiger partial charge is 0.456 e. The number of hydrogen-bond donors (Lipinski definition) is 0. The van der Waals surface area contributed by atoms with E-state index in [1.807, 2.05) is 36.4 Å². The first-order valence-electron chi connectivity index (χ1n) is 19.1. The van der Waals surface area contributed by atoms with Crippen molar-refractivity contribution >= 4 is 65.6 Å². The topological polar surface area (TPSA) is 61.7 Å². The molecule has 0 bridgehead atoms. The highest BCUT2D eigenvalue weighted by Gasteiger charge is 2.21. The van der Waals surface area contributed by atoms with Crippen LogP contribution in [0.3, 0.4) is 0 Å². The van der Waals surface area contributed by atoms with Gasteiger partial charge in [0.15, 0.2) is 11.6 Å². The Morgan fingerprint density at radius 2 is 0.860 bits per heavy atom. The summed E-state index contributed by atoms with van der Waals surface area (Å²) in [5.41, 5.74) is 11.2. The average molecular weight is 730 g/mol. The third-order valence-electron chi connectivity index (χ3n) is 11.2. The van der Waals surface area contributed by atoms with Gasteiger partial charge in [0.05, 0.1) is 22.1 Å². The van der Waals surface area contributed by atoms with E-state index in [4.69, 9.17) is 19.4 Å². The number of fused-ring (bicyclic) bond motifs is 9. The maximum Gasteiger partial charge on any atom is 0.238 e. The van der Waals surface area contributed by atoms with Gasteiger partial charge in [-0.3, -0.25) is 4.57 Å². The van der Waals surface area contributed by atoms with Crippen LogP contribution in [0.15, 0.2) is 192 Å². The maximum absolute atomic E-state index is 6.26. The molecule has 0 aliphatic rings. The Morgan fingerprint density at radius 3 is 1.61 bits per heavy atom. The molecule has 4 heterocycles. The Balaban J connectivity index is 1.09. The number of nitrogens with zero attached hydrogens (tertiary/aromatic N) is 5. The molecule has 0 saturated heterocycles. The molecular formula is C51H31N5O. The number of aromatic nitrogens is 5. The molecule has 12 aromatic rings. The zero-order valence-corrected chi connectivity index (χ0v) is 30.5. The fraction of sp³-hybridized carbons (Fsp3) is 0. The summed E-state index contributed by atoms with van der Waals surface area (Å²) >= 11 is 0. The monoisotopic (exact) mass is 729 g/mol. The summed E-state index contributed by atoms with van der Waals surface area (Å²) in [5, 5.41) is 6.83. The van der Waals surface area contributed by atoms with E-state index < -0.39 is 0 Å². The SMILES string of the molecule is c1ccc(-c2nc(-c3cccc(-c4ccc5c(c4)oc4ccccc45)c3)nc(-n3c4ccccc4c4cc5c(cc43)c3ccccc3n5-c3ccccc3)n2)cc1. The first-order valence-corrected chi connectivity index (χ1v) is 19.1. The van der Waals surface area contributed by atoms with Crippen LogP contribution in [0.25, 0.3) is 111 Å². The summed E-state index contributed by atoms with van der Waals surface area (Å²) in [4.78, 5) is 15.7. The summed E-state index contributed by atoms with van der Waals surface area (Å²) < 4.78 is 10.8. The number of benzene rings is 8. The maximum atomic E-state index is 6.26. The van der Waals surface area contributed by atoms with Crippen molar-refractivity contribution in [2.45, 2.75) is 0 Å². The molecule has 4 aromatic heterocycles. The highest BCUT2D eigenvalue weighted by Crippen LogP contribution is 2.40. The van der Waals surface area contributed by atoms with Crippen LogP contribution in [0.1, 0.15) is 0 Å². The number of furan rings is 1. The van der Waals surface area contributed by atoms with Crippen molar-refractivity contribution in [3.8, 4) is 45.5 Å². The Bertz CT molecular complexity index is 3520. The number of para-hydroxylation sites is 4. The fourth-order valence-electron chi connectivity index (χ4n) is 8.55. The van der Waals surface area contributed by atoms with E-state index in [-0.39, 0.29) is 0 Å². The Kier molecular flexibility index (Phi) is 6.83. The van der Waals surface area contributed by atoms with E-state index in [0.29, 0.717) is 17.6 Å². The van der Waals surface area contributed by atoms with E-state index in [0.717, 1.165) is 88.1 Å². The molecule has 0 unspecified atom stereocenters. The summed E-state index contributed by atoms with van der Waals surface area (Å²) in [5.74, 6) is 1.76. The van der Waals surface area contributed by atoms with E-state index >= 15 is 0 Å². The van der Waals surface area contributed by atoms with Gasteiger partial charge in [0.2, 0.25) is 5.95 Å². The summed E-state index contributed by atoms with van der Waals surface area (Å²) in [6.45, 7) is 0. The number of hydrogen-bond acceptors (Lipinski definition) is 4. The van der Waals surface area contributed by atoms with Crippen molar-refractivity contribution in [2.75, 3.05) is 0 Å². The molecule has 8 aromatic carbocycles. The summed E-state index contributed by atoms with van der Waals surface area (Å²) in [6.07, 6.45) is 0. The minimum absolute atomic E-state index is 0.560. The number of rotatable bonds is 5. The molecule has 0 aliphatic heterocycles. The summed E-state index contributed by atoms with van der Waals surface area (Å²) in [7, 11) is 0. The molecule has 0 radical (unpaired) electrons. The van der Waals surface area contributed by atoms with Crippen molar-refractivity contribution < 1.29 is 4.42 Å². The molecule has 0 aliphatic carbocycles. The van der Waals surface area contributed by atoms with Crippen molar-refractivity contribution in [3.05, 3.63) is 188 Å². The lowest BCUT2D eigenvalue weighted by atomic mass is 10.0. The van der Waals surface area contributed by atoms with Crippen LogP contribution in [0.4, 0.5) is 0 Å². The van der Waals surface area contributed by atoms with E-state index in [1.54, 1.807) is 0 Å². The first-order chi connectivity index (χ1) is 28.2. The van der Waals surface area contributed by atoms with E-state index in [9.17, 15) is 0 Å². The van der Waals surface area contributed by atoms with Gasteiger partial charge in [-0.25, -0.2) is 4.98 Å². The molecule has 266 valence electrons. The van der Waals surface area contributed by atoms with Gasteiger partial charge in [0.1, 0.15) is 11.2 Å². The van der Waals surface area contributed by atoms with Gasteiger partial charge in [-0.1, -0.05) is 127 Å². The van der Waals surface area contributed by atoms with Crippen molar-refractivity contribution in [3.63, 3.8) is 0 Å². The average Bonchev–Trinajstić information content (AvgIpc) is 3.93. The lowest BCUT2D eigenvalue weighted by Gasteiger charge is -2.12. The van der Waals surface area contributed by atoms with Gasteiger partial charge < -0.3 is 8.98 Å². The van der Waals surface area contributed by atoms with Gasteiger partial charge in [-0.05, 0) is 71.8 Å². The zero-order chi connectivity index (χ0) is 37.5. The molecule has 0 saturated carbocycles. The quantitative estimate of drug-likeness (QED) is 0.177. The second-order valence-electron chi connectivity index (χ2n) is 14.5. The van der Waals surface area contributed by atoms with Crippen molar-refractivity contribution in [1.82, 2.24) is 24.1 Å². The predicted octanol–water partition coefficient (Wildman–Crippen LogP) is 13.0. The van der Waals surface area contributed by atoms with E-state index in [2.05, 4.69) is 161 Å². The molecule has 57 heavy (non-hydrogen) atoms. The highest BCUT2D eigenvalue weighted by atomic mass is 16.3. The van der Waals surface area contributed by atoms with Crippen LogP contribution in [0, 0.1) is 0 Å². The van der Waals surface area contributed by atoms with Crippen LogP contribution in [0.5, 0.6) is 0 Å². The zero-order valence-electron chi connectivity index (χ0n) is 30.5. The second kappa shape index (κ2) is 12.3. The third-order valence-corrected chi connectivity index (χ3v) is 11.2. The molecule has 0 atom stereocenters. The Hall–Kier alpha value is -7.83. The van der Waals surface area contributed by atoms with Crippen molar-refractivity contribution in [1.29, 1.82) is 0 Å². The molecule has 0 spiro atoms.